The molecule has 2 heteroatoms. The van der Waals surface area contributed by atoms with Crippen molar-refractivity contribution in [3.63, 3.8) is 0 Å². The molecule has 4 aromatic rings. The molecule has 40 heavy (non-hydrogen) atoms. The Hall–Kier alpha value is -3.67. The van der Waals surface area contributed by atoms with E-state index in [0.29, 0.717) is 0 Å². The first-order valence-electron chi connectivity index (χ1n) is 14.3. The van der Waals surface area contributed by atoms with Crippen molar-refractivity contribution in [1.29, 1.82) is 0 Å². The van der Waals surface area contributed by atoms with E-state index in [1.165, 1.54) is 39.3 Å². The smallest absolute Gasteiger partial charge is 0.150 e. The Labute approximate surface area is 241 Å². The zero-order valence-corrected chi connectivity index (χ0v) is 26.0. The van der Waals surface area contributed by atoms with Gasteiger partial charge in [0.1, 0.15) is 14.4 Å². The normalized spacial score (nSPS) is 16.8. The van der Waals surface area contributed by atoms with E-state index in [1.807, 2.05) is 42.5 Å². The lowest BCUT2D eigenvalue weighted by atomic mass is 9.64. The summed E-state index contributed by atoms with van der Waals surface area (Å²) in [6.07, 6.45) is 7.96. The monoisotopic (exact) mass is 540 g/mol. The van der Waals surface area contributed by atoms with Crippen LogP contribution in [0.4, 0.5) is 0 Å². The molecule has 0 aliphatic heterocycles. The highest BCUT2D eigenvalue weighted by Crippen LogP contribution is 2.51. The number of aldehydes is 1. The predicted octanol–water partition coefficient (Wildman–Crippen LogP) is 10.1. The van der Waals surface area contributed by atoms with E-state index in [9.17, 15) is 4.79 Å². The van der Waals surface area contributed by atoms with Crippen LogP contribution in [0.1, 0.15) is 67.6 Å². The average molecular weight is 541 g/mol. The molecule has 0 fully saturated rings. The number of hydrogen-bond acceptors (Lipinski definition) is 1. The zero-order valence-electron chi connectivity index (χ0n) is 25.0. The highest BCUT2D eigenvalue weighted by Gasteiger charge is 2.36. The summed E-state index contributed by atoms with van der Waals surface area (Å²) in [5.74, 6) is 3.46. The molecular weight excluding hydrogens is 501 g/mol. The molecule has 0 radical (unpaired) electrons. The lowest BCUT2D eigenvalue weighted by Gasteiger charge is -2.40. The molecule has 0 N–H and O–H groups in total. The van der Waals surface area contributed by atoms with Gasteiger partial charge in [-0.3, -0.25) is 4.79 Å². The molecule has 0 atom stereocenters. The van der Waals surface area contributed by atoms with Crippen molar-refractivity contribution in [2.45, 2.75) is 65.6 Å². The summed E-state index contributed by atoms with van der Waals surface area (Å²) in [4.78, 5) is 10.5. The molecule has 0 unspecified atom stereocenters. The van der Waals surface area contributed by atoms with Crippen molar-refractivity contribution in [2.24, 2.45) is 5.41 Å². The summed E-state index contributed by atoms with van der Waals surface area (Å²) in [5.41, 5.74) is 11.8. The molecular formula is C38H40OSi. The van der Waals surface area contributed by atoms with Crippen LogP contribution in [0.25, 0.3) is 27.1 Å². The number of rotatable bonds is 1. The molecule has 6 rings (SSSR count). The Morgan fingerprint density at radius 3 is 2.23 bits per heavy atom. The molecule has 2 aliphatic rings. The fraction of sp³-hybridized carbons (Fsp3) is 0.289. The SMILES string of the molecule is CC1(C)C=CC2=C(C1)CC(C)(C)c1c2ccc2ccc(C#C[Si](C)(C)C)cc12.O=Cc1ccc2ccccc2c1. The minimum atomic E-state index is -1.38. The third-order valence-electron chi connectivity index (χ3n) is 7.89. The molecule has 202 valence electrons. The van der Waals surface area contributed by atoms with Crippen molar-refractivity contribution in [1.82, 2.24) is 0 Å². The minimum absolute atomic E-state index is 0.139. The van der Waals surface area contributed by atoms with Gasteiger partial charge in [-0.05, 0) is 80.1 Å². The van der Waals surface area contributed by atoms with Gasteiger partial charge in [-0.15, -0.1) is 5.54 Å². The van der Waals surface area contributed by atoms with E-state index in [0.717, 1.165) is 29.2 Å². The first-order valence-corrected chi connectivity index (χ1v) is 17.8. The van der Waals surface area contributed by atoms with Gasteiger partial charge in [0, 0.05) is 11.1 Å². The summed E-state index contributed by atoms with van der Waals surface area (Å²) in [7, 11) is -1.38. The van der Waals surface area contributed by atoms with Crippen molar-refractivity contribution in [2.75, 3.05) is 0 Å². The fourth-order valence-electron chi connectivity index (χ4n) is 6.08. The van der Waals surface area contributed by atoms with Gasteiger partial charge in [0.2, 0.25) is 0 Å². The Morgan fingerprint density at radius 1 is 0.800 bits per heavy atom. The summed E-state index contributed by atoms with van der Waals surface area (Å²) < 4.78 is 0. The largest absolute Gasteiger partial charge is 0.298 e. The Morgan fingerprint density at radius 2 is 1.50 bits per heavy atom. The van der Waals surface area contributed by atoms with E-state index in [4.69, 9.17) is 0 Å². The molecule has 0 saturated carbocycles. The Bertz CT molecular complexity index is 1750. The van der Waals surface area contributed by atoms with Gasteiger partial charge < -0.3 is 0 Å². The molecule has 0 heterocycles. The van der Waals surface area contributed by atoms with Gasteiger partial charge in [0.15, 0.2) is 0 Å². The van der Waals surface area contributed by atoms with Crippen molar-refractivity contribution < 1.29 is 4.79 Å². The summed E-state index contributed by atoms with van der Waals surface area (Å²) >= 11 is 0. The van der Waals surface area contributed by atoms with Gasteiger partial charge in [-0.2, -0.15) is 0 Å². The van der Waals surface area contributed by atoms with Crippen LogP contribution in [-0.2, 0) is 5.41 Å². The van der Waals surface area contributed by atoms with Crippen LogP contribution in [0.5, 0.6) is 0 Å². The van der Waals surface area contributed by atoms with Crippen LogP contribution in [0.3, 0.4) is 0 Å². The number of carbonyl (C=O) groups is 1. The second-order valence-electron chi connectivity index (χ2n) is 13.7. The summed E-state index contributed by atoms with van der Waals surface area (Å²) in [5, 5.41) is 4.99. The number of carbonyl (C=O) groups excluding carboxylic acids is 1. The first kappa shape index (κ1) is 27.9. The molecule has 0 bridgehead atoms. The van der Waals surface area contributed by atoms with Crippen LogP contribution in [0, 0.1) is 16.9 Å². The van der Waals surface area contributed by atoms with Crippen LogP contribution in [-0.4, -0.2) is 14.4 Å². The Kier molecular flexibility index (Phi) is 7.23. The number of fused-ring (bicyclic) bond motifs is 5. The maximum atomic E-state index is 10.5. The van der Waals surface area contributed by atoms with Gasteiger partial charge in [-0.25, -0.2) is 0 Å². The lowest BCUT2D eigenvalue weighted by molar-refractivity contribution is 0.112. The fourth-order valence-corrected chi connectivity index (χ4v) is 6.60. The van der Waals surface area contributed by atoms with Gasteiger partial charge in [0.25, 0.3) is 0 Å². The van der Waals surface area contributed by atoms with Crippen LogP contribution < -0.4 is 0 Å². The second-order valence-corrected chi connectivity index (χ2v) is 18.5. The van der Waals surface area contributed by atoms with Crippen LogP contribution in [0.15, 0.2) is 90.5 Å². The third-order valence-corrected chi connectivity index (χ3v) is 8.76. The molecule has 0 amide bonds. The van der Waals surface area contributed by atoms with E-state index >= 15 is 0 Å². The predicted molar refractivity (Wildman–Crippen MR) is 176 cm³/mol. The van der Waals surface area contributed by atoms with Crippen LogP contribution in [0.2, 0.25) is 19.6 Å². The van der Waals surface area contributed by atoms with E-state index in [1.54, 1.807) is 5.57 Å². The Balaban J connectivity index is 0.000000223. The molecule has 0 saturated heterocycles. The van der Waals surface area contributed by atoms with Gasteiger partial charge >= 0.3 is 0 Å². The van der Waals surface area contributed by atoms with Gasteiger partial charge in [0.05, 0.1) is 0 Å². The lowest BCUT2D eigenvalue weighted by Crippen LogP contribution is -2.27. The second kappa shape index (κ2) is 10.4. The van der Waals surface area contributed by atoms with E-state index in [-0.39, 0.29) is 10.8 Å². The van der Waals surface area contributed by atoms with Crippen molar-refractivity contribution in [3.05, 3.63) is 113 Å². The maximum absolute atomic E-state index is 10.5. The van der Waals surface area contributed by atoms with Crippen molar-refractivity contribution in [3.8, 4) is 11.5 Å². The number of benzene rings is 4. The maximum Gasteiger partial charge on any atom is 0.150 e. The molecule has 0 spiro atoms. The average Bonchev–Trinajstić information content (AvgIpc) is 2.90. The topological polar surface area (TPSA) is 17.1 Å². The summed E-state index contributed by atoms with van der Waals surface area (Å²) in [6.45, 7) is 16.4. The van der Waals surface area contributed by atoms with Crippen molar-refractivity contribution >= 4 is 41.5 Å². The van der Waals surface area contributed by atoms with Gasteiger partial charge in [-0.1, -0.05) is 126 Å². The molecule has 4 aromatic carbocycles. The first-order chi connectivity index (χ1) is 18.9. The highest BCUT2D eigenvalue weighted by atomic mass is 28.3. The third kappa shape index (κ3) is 5.91. The van der Waals surface area contributed by atoms with Crippen LogP contribution >= 0.6 is 0 Å². The van der Waals surface area contributed by atoms with E-state index < -0.39 is 8.07 Å². The highest BCUT2D eigenvalue weighted by molar-refractivity contribution is 6.83. The number of hydrogen-bond donors (Lipinski definition) is 0. The standard InChI is InChI=1S/C27H32Si.C11H8O/c1-26(2)14-12-22-21(17-26)18-27(3,4)25-23(22)11-10-20-9-8-19(16-24(20)25)13-15-28(5,6)7;12-8-9-5-6-10-3-1-2-4-11(10)7-9/h8-12,14,16H,17-18H2,1-7H3;1-8H. The quantitative estimate of drug-likeness (QED) is 0.133. The molecule has 1 nitrogen and oxygen atoms in total. The number of allylic oxidation sites excluding steroid dienone is 4. The molecule has 2 aliphatic carbocycles. The minimum Gasteiger partial charge on any atom is -0.298 e. The zero-order chi connectivity index (χ0) is 28.7. The summed E-state index contributed by atoms with van der Waals surface area (Å²) in [6, 6.07) is 25.1. The van der Waals surface area contributed by atoms with E-state index in [2.05, 4.69) is 101 Å². The molecule has 0 aromatic heterocycles.